The van der Waals surface area contributed by atoms with E-state index in [-0.39, 0.29) is 17.5 Å². The highest BCUT2D eigenvalue weighted by molar-refractivity contribution is 7.99. The van der Waals surface area contributed by atoms with Gasteiger partial charge in [0.25, 0.3) is 0 Å². The molecule has 0 aliphatic rings. The van der Waals surface area contributed by atoms with Gasteiger partial charge in [-0.3, -0.25) is 9.59 Å². The molecule has 0 aliphatic carbocycles. The van der Waals surface area contributed by atoms with Crippen LogP contribution in [0.5, 0.6) is 5.75 Å². The Bertz CT molecular complexity index is 862. The van der Waals surface area contributed by atoms with Crippen LogP contribution in [0.25, 0.3) is 0 Å². The van der Waals surface area contributed by atoms with Crippen molar-refractivity contribution in [1.82, 2.24) is 15.3 Å². The first-order chi connectivity index (χ1) is 13.2. The van der Waals surface area contributed by atoms with E-state index in [1.54, 1.807) is 12.1 Å². The number of benzene rings is 1. The number of alkyl halides is 3. The molecule has 0 atom stereocenters. The number of hydrogen-bond donors (Lipinski definition) is 2. The number of carbonyl (C=O) groups is 2. The van der Waals surface area contributed by atoms with Gasteiger partial charge >= 0.3 is 6.18 Å². The summed E-state index contributed by atoms with van der Waals surface area (Å²) >= 11 is 0.737. The van der Waals surface area contributed by atoms with E-state index in [1.807, 2.05) is 13.0 Å². The van der Waals surface area contributed by atoms with Crippen LogP contribution in [0.3, 0.4) is 0 Å². The van der Waals surface area contributed by atoms with Crippen molar-refractivity contribution in [3.05, 3.63) is 41.7 Å². The maximum absolute atomic E-state index is 12.6. The minimum atomic E-state index is -4.59. The van der Waals surface area contributed by atoms with Gasteiger partial charge in [0, 0.05) is 6.20 Å². The smallest absolute Gasteiger partial charge is 0.433 e. The molecule has 0 radical (unpaired) electrons. The van der Waals surface area contributed by atoms with Crippen molar-refractivity contribution in [3.8, 4) is 5.75 Å². The number of anilines is 1. The molecule has 1 heterocycles. The second-order valence-electron chi connectivity index (χ2n) is 5.54. The molecule has 1 aromatic heterocycles. The Labute approximate surface area is 163 Å². The van der Waals surface area contributed by atoms with Gasteiger partial charge in [-0.15, -0.1) is 0 Å². The van der Waals surface area contributed by atoms with Gasteiger partial charge in [0.15, 0.2) is 5.16 Å². The van der Waals surface area contributed by atoms with E-state index >= 15 is 0 Å². The zero-order valence-corrected chi connectivity index (χ0v) is 15.8. The van der Waals surface area contributed by atoms with E-state index in [1.165, 1.54) is 7.11 Å². The molecule has 0 bridgehead atoms. The van der Waals surface area contributed by atoms with Gasteiger partial charge in [-0.2, -0.15) is 13.2 Å². The van der Waals surface area contributed by atoms with Crippen LogP contribution in [-0.4, -0.2) is 41.2 Å². The van der Waals surface area contributed by atoms with Crippen molar-refractivity contribution < 1.29 is 27.5 Å². The van der Waals surface area contributed by atoms with Gasteiger partial charge in [0.2, 0.25) is 11.8 Å². The van der Waals surface area contributed by atoms with Crippen LogP contribution in [0.15, 0.2) is 35.6 Å². The van der Waals surface area contributed by atoms with E-state index in [0.29, 0.717) is 11.4 Å². The van der Waals surface area contributed by atoms with Crippen LogP contribution >= 0.6 is 11.8 Å². The largest absolute Gasteiger partial charge is 0.495 e. The van der Waals surface area contributed by atoms with Crippen molar-refractivity contribution in [2.75, 3.05) is 24.7 Å². The zero-order chi connectivity index (χ0) is 20.7. The number of nitrogens with zero attached hydrogens (tertiary/aromatic N) is 2. The second-order valence-corrected chi connectivity index (χ2v) is 6.48. The van der Waals surface area contributed by atoms with Gasteiger partial charge in [-0.05, 0) is 30.7 Å². The highest BCUT2D eigenvalue weighted by Crippen LogP contribution is 2.28. The quantitative estimate of drug-likeness (QED) is 0.535. The molecule has 2 rings (SSSR count). The van der Waals surface area contributed by atoms with Gasteiger partial charge in [-0.1, -0.05) is 17.8 Å². The third-order valence-electron chi connectivity index (χ3n) is 3.33. The van der Waals surface area contributed by atoms with Crippen LogP contribution in [0.1, 0.15) is 11.3 Å². The summed E-state index contributed by atoms with van der Waals surface area (Å²) in [6, 6.07) is 5.99. The summed E-state index contributed by atoms with van der Waals surface area (Å²) in [7, 11) is 1.47. The molecule has 0 saturated carbocycles. The highest BCUT2D eigenvalue weighted by Gasteiger charge is 2.32. The molecular formula is C17H17F3N4O3S. The number of halogens is 3. The zero-order valence-electron chi connectivity index (χ0n) is 15.0. The number of aromatic nitrogens is 2. The van der Waals surface area contributed by atoms with E-state index in [0.717, 1.165) is 29.6 Å². The maximum Gasteiger partial charge on any atom is 0.433 e. The lowest BCUT2D eigenvalue weighted by Gasteiger charge is -2.11. The first-order valence-electron chi connectivity index (χ1n) is 7.93. The summed E-state index contributed by atoms with van der Waals surface area (Å²) < 4.78 is 43.0. The third kappa shape index (κ3) is 6.41. The average molecular weight is 414 g/mol. The molecule has 0 aliphatic heterocycles. The Hall–Kier alpha value is -2.82. The Morgan fingerprint density at radius 3 is 2.64 bits per heavy atom. The predicted octanol–water partition coefficient (Wildman–Crippen LogP) is 2.66. The van der Waals surface area contributed by atoms with Crippen LogP contribution < -0.4 is 15.4 Å². The molecule has 2 aromatic rings. The van der Waals surface area contributed by atoms with E-state index < -0.39 is 23.7 Å². The number of thioether (sulfide) groups is 1. The Balaban J connectivity index is 1.83. The minimum absolute atomic E-state index is 0.182. The van der Waals surface area contributed by atoms with Crippen molar-refractivity contribution in [3.63, 3.8) is 0 Å². The van der Waals surface area contributed by atoms with Crippen molar-refractivity contribution in [2.24, 2.45) is 0 Å². The molecule has 1 aromatic carbocycles. The summed E-state index contributed by atoms with van der Waals surface area (Å²) in [5.41, 5.74) is 0.294. The van der Waals surface area contributed by atoms with Crippen LogP contribution in [0.4, 0.5) is 18.9 Å². The van der Waals surface area contributed by atoms with Gasteiger partial charge in [-0.25, -0.2) is 9.97 Å². The number of aryl methyl sites for hydroxylation is 1. The van der Waals surface area contributed by atoms with E-state index in [2.05, 4.69) is 20.6 Å². The minimum Gasteiger partial charge on any atom is -0.495 e. The molecule has 7 nitrogen and oxygen atoms in total. The lowest BCUT2D eigenvalue weighted by atomic mass is 10.2. The molecule has 2 N–H and O–H groups in total. The molecule has 0 saturated heterocycles. The summed E-state index contributed by atoms with van der Waals surface area (Å²) in [5.74, 6) is -0.778. The maximum atomic E-state index is 12.6. The lowest BCUT2D eigenvalue weighted by molar-refractivity contribution is -0.141. The monoisotopic (exact) mass is 414 g/mol. The van der Waals surface area contributed by atoms with Crippen LogP contribution in [0, 0.1) is 6.92 Å². The SMILES string of the molecule is COc1ccc(C)cc1NC(=O)CNC(=O)CSc1nccc(C(F)(F)F)n1. The van der Waals surface area contributed by atoms with Gasteiger partial charge in [0.05, 0.1) is 25.1 Å². The van der Waals surface area contributed by atoms with Gasteiger partial charge < -0.3 is 15.4 Å². The molecule has 0 unspecified atom stereocenters. The third-order valence-corrected chi connectivity index (χ3v) is 4.19. The van der Waals surface area contributed by atoms with Crippen molar-refractivity contribution in [1.29, 1.82) is 0 Å². The predicted molar refractivity (Wildman–Crippen MR) is 97.1 cm³/mol. The lowest BCUT2D eigenvalue weighted by Crippen LogP contribution is -2.34. The topological polar surface area (TPSA) is 93.2 Å². The number of rotatable bonds is 7. The summed E-state index contributed by atoms with van der Waals surface area (Å²) in [5, 5.41) is 4.82. The summed E-state index contributed by atoms with van der Waals surface area (Å²) in [4.78, 5) is 30.8. The molecule has 28 heavy (non-hydrogen) atoms. The summed E-state index contributed by atoms with van der Waals surface area (Å²) in [6.45, 7) is 1.55. The standard InChI is InChI=1S/C17H17F3N4O3S/c1-10-3-4-12(27-2)11(7-10)23-14(25)8-22-15(26)9-28-16-21-6-5-13(24-16)17(18,19)20/h3-7H,8-9H2,1-2H3,(H,22,26)(H,23,25). The van der Waals surface area contributed by atoms with Gasteiger partial charge in [0.1, 0.15) is 11.4 Å². The van der Waals surface area contributed by atoms with Crippen LogP contribution in [0.2, 0.25) is 0 Å². The number of ether oxygens (including phenoxy) is 1. The molecular weight excluding hydrogens is 397 g/mol. The van der Waals surface area contributed by atoms with Crippen LogP contribution in [-0.2, 0) is 15.8 Å². The van der Waals surface area contributed by atoms with Crippen molar-refractivity contribution in [2.45, 2.75) is 18.3 Å². The fourth-order valence-corrected chi connectivity index (χ4v) is 2.70. The number of methoxy groups -OCH3 is 1. The number of amides is 2. The first kappa shape index (κ1) is 21.5. The molecule has 2 amide bonds. The fraction of sp³-hybridized carbons (Fsp3) is 0.294. The van der Waals surface area contributed by atoms with E-state index in [4.69, 9.17) is 4.74 Å². The molecule has 150 valence electrons. The Morgan fingerprint density at radius 1 is 1.21 bits per heavy atom. The number of hydrogen-bond acceptors (Lipinski definition) is 6. The van der Waals surface area contributed by atoms with E-state index in [9.17, 15) is 22.8 Å². The molecule has 0 spiro atoms. The number of nitrogens with one attached hydrogen (secondary N) is 2. The normalized spacial score (nSPS) is 11.0. The van der Waals surface area contributed by atoms with Crippen molar-refractivity contribution >= 4 is 29.3 Å². The highest BCUT2D eigenvalue weighted by atomic mass is 32.2. The average Bonchev–Trinajstić information content (AvgIpc) is 2.64. The molecule has 11 heteroatoms. The summed E-state index contributed by atoms with van der Waals surface area (Å²) in [6.07, 6.45) is -3.62. The molecule has 0 fully saturated rings. The Morgan fingerprint density at radius 2 is 1.96 bits per heavy atom. The number of carbonyl (C=O) groups excluding carboxylic acids is 2. The fourth-order valence-electron chi connectivity index (χ4n) is 2.04. The Kier molecular flexibility index (Phi) is 7.21. The second kappa shape index (κ2) is 9.40. The first-order valence-corrected chi connectivity index (χ1v) is 8.92.